The van der Waals surface area contributed by atoms with Gasteiger partial charge in [-0.15, -0.1) is 10.2 Å². The summed E-state index contributed by atoms with van der Waals surface area (Å²) in [6.45, 7) is 0.326. The van der Waals surface area contributed by atoms with E-state index in [-0.39, 0.29) is 5.91 Å². The van der Waals surface area contributed by atoms with E-state index in [1.165, 1.54) is 0 Å². The fourth-order valence-corrected chi connectivity index (χ4v) is 1.46. The highest BCUT2D eigenvalue weighted by Crippen LogP contribution is 2.07. The van der Waals surface area contributed by atoms with Crippen LogP contribution in [0.15, 0.2) is 29.1 Å². The first-order valence-electron chi connectivity index (χ1n) is 4.89. The molecule has 1 amide bonds. The Morgan fingerprint density at radius 1 is 1.53 bits per heavy atom. The Balaban J connectivity index is 1.98. The summed E-state index contributed by atoms with van der Waals surface area (Å²) in [5, 5.41) is 10.3. The van der Waals surface area contributed by atoms with Gasteiger partial charge in [-0.25, -0.2) is 4.98 Å². The van der Waals surface area contributed by atoms with E-state index in [4.69, 9.17) is 0 Å². The monoisotopic (exact) mass is 295 g/mol. The van der Waals surface area contributed by atoms with Gasteiger partial charge in [-0.3, -0.25) is 4.79 Å². The molecular weight excluding hydrogens is 286 g/mol. The van der Waals surface area contributed by atoms with Gasteiger partial charge in [-0.05, 0) is 28.1 Å². The molecule has 0 bridgehead atoms. The van der Waals surface area contributed by atoms with E-state index in [0.29, 0.717) is 18.1 Å². The zero-order valence-corrected chi connectivity index (χ0v) is 10.7. The Morgan fingerprint density at radius 2 is 2.35 bits per heavy atom. The van der Waals surface area contributed by atoms with Gasteiger partial charge in [0.25, 0.3) is 5.91 Å². The summed E-state index contributed by atoms with van der Waals surface area (Å²) < 4.78 is 2.58. The van der Waals surface area contributed by atoms with Crippen molar-refractivity contribution in [1.29, 1.82) is 0 Å². The SMILES string of the molecule is Cn1cnnc1CNC(=O)c1ccc(Br)cn1. The molecule has 0 aromatic carbocycles. The van der Waals surface area contributed by atoms with Gasteiger partial charge >= 0.3 is 0 Å². The number of hydrogen-bond donors (Lipinski definition) is 1. The number of rotatable bonds is 3. The lowest BCUT2D eigenvalue weighted by atomic mass is 10.3. The second-order valence-electron chi connectivity index (χ2n) is 3.40. The number of aromatic nitrogens is 4. The first kappa shape index (κ1) is 11.7. The van der Waals surface area contributed by atoms with E-state index >= 15 is 0 Å². The van der Waals surface area contributed by atoms with Gasteiger partial charge < -0.3 is 9.88 Å². The van der Waals surface area contributed by atoms with Crippen LogP contribution in [0.5, 0.6) is 0 Å². The van der Waals surface area contributed by atoms with Crippen LogP contribution in [0.4, 0.5) is 0 Å². The summed E-state index contributed by atoms with van der Waals surface area (Å²) in [7, 11) is 1.82. The maximum atomic E-state index is 11.7. The van der Waals surface area contributed by atoms with Crippen molar-refractivity contribution < 1.29 is 4.79 Å². The van der Waals surface area contributed by atoms with Crippen molar-refractivity contribution in [2.45, 2.75) is 6.54 Å². The predicted octanol–water partition coefficient (Wildman–Crippen LogP) is 0.903. The van der Waals surface area contributed by atoms with E-state index in [9.17, 15) is 4.79 Å². The maximum absolute atomic E-state index is 11.7. The van der Waals surface area contributed by atoms with Crippen molar-refractivity contribution in [3.63, 3.8) is 0 Å². The molecule has 6 nitrogen and oxygen atoms in total. The molecule has 0 unspecified atom stereocenters. The average Bonchev–Trinajstić information content (AvgIpc) is 2.73. The number of carbonyl (C=O) groups excluding carboxylic acids is 1. The minimum absolute atomic E-state index is 0.236. The highest BCUT2D eigenvalue weighted by Gasteiger charge is 2.08. The minimum Gasteiger partial charge on any atom is -0.343 e. The van der Waals surface area contributed by atoms with Gasteiger partial charge in [-0.2, -0.15) is 0 Å². The summed E-state index contributed by atoms with van der Waals surface area (Å²) in [5.41, 5.74) is 0.371. The van der Waals surface area contributed by atoms with E-state index in [1.807, 2.05) is 7.05 Å². The molecule has 2 rings (SSSR count). The molecule has 7 heteroatoms. The van der Waals surface area contributed by atoms with Crippen LogP contribution >= 0.6 is 15.9 Å². The highest BCUT2D eigenvalue weighted by molar-refractivity contribution is 9.10. The Labute approximate surface area is 106 Å². The lowest BCUT2D eigenvalue weighted by Crippen LogP contribution is -2.25. The first-order valence-corrected chi connectivity index (χ1v) is 5.69. The summed E-state index contributed by atoms with van der Waals surface area (Å²) in [6, 6.07) is 3.42. The zero-order chi connectivity index (χ0) is 12.3. The van der Waals surface area contributed by atoms with Gasteiger partial charge in [0.15, 0.2) is 5.82 Å². The van der Waals surface area contributed by atoms with E-state index in [2.05, 4.69) is 36.4 Å². The Bertz CT molecular complexity index is 522. The number of carbonyl (C=O) groups is 1. The fourth-order valence-electron chi connectivity index (χ4n) is 1.23. The van der Waals surface area contributed by atoms with Gasteiger partial charge in [-0.1, -0.05) is 0 Å². The normalized spacial score (nSPS) is 10.2. The van der Waals surface area contributed by atoms with Gasteiger partial charge in [0.05, 0.1) is 6.54 Å². The van der Waals surface area contributed by atoms with E-state index in [1.54, 1.807) is 29.2 Å². The molecule has 17 heavy (non-hydrogen) atoms. The van der Waals surface area contributed by atoms with Crippen molar-refractivity contribution in [1.82, 2.24) is 25.1 Å². The molecule has 0 saturated carbocycles. The summed E-state index contributed by atoms with van der Waals surface area (Å²) >= 11 is 3.26. The van der Waals surface area contributed by atoms with Crippen LogP contribution < -0.4 is 5.32 Å². The Hall–Kier alpha value is -1.76. The van der Waals surface area contributed by atoms with Crippen LogP contribution in [0.3, 0.4) is 0 Å². The second-order valence-corrected chi connectivity index (χ2v) is 4.32. The summed E-state index contributed by atoms with van der Waals surface area (Å²) in [4.78, 5) is 15.7. The number of nitrogens with zero attached hydrogens (tertiary/aromatic N) is 4. The molecule has 2 aromatic heterocycles. The molecule has 1 N–H and O–H groups in total. The van der Waals surface area contributed by atoms with Gasteiger partial charge in [0, 0.05) is 17.7 Å². The van der Waals surface area contributed by atoms with Crippen LogP contribution in [0.1, 0.15) is 16.3 Å². The second kappa shape index (κ2) is 5.05. The molecule has 0 radical (unpaired) electrons. The molecule has 0 aliphatic carbocycles. The molecule has 0 aliphatic heterocycles. The lowest BCUT2D eigenvalue weighted by molar-refractivity contribution is 0.0944. The first-order chi connectivity index (χ1) is 8.16. The van der Waals surface area contributed by atoms with Crippen LogP contribution in [0.25, 0.3) is 0 Å². The van der Waals surface area contributed by atoms with Crippen LogP contribution in [-0.4, -0.2) is 25.7 Å². The number of hydrogen-bond acceptors (Lipinski definition) is 4. The van der Waals surface area contributed by atoms with Crippen molar-refractivity contribution in [3.8, 4) is 0 Å². The topological polar surface area (TPSA) is 72.7 Å². The lowest BCUT2D eigenvalue weighted by Gasteiger charge is -2.03. The van der Waals surface area contributed by atoms with E-state index in [0.717, 1.165) is 4.47 Å². The number of aryl methyl sites for hydroxylation is 1. The minimum atomic E-state index is -0.236. The number of pyridine rings is 1. The molecular formula is C10H10BrN5O. The van der Waals surface area contributed by atoms with Crippen molar-refractivity contribution in [2.24, 2.45) is 7.05 Å². The average molecular weight is 296 g/mol. The molecule has 0 saturated heterocycles. The zero-order valence-electron chi connectivity index (χ0n) is 9.09. The quantitative estimate of drug-likeness (QED) is 0.913. The summed E-state index contributed by atoms with van der Waals surface area (Å²) in [6.07, 6.45) is 3.16. The Kier molecular flexibility index (Phi) is 3.48. The van der Waals surface area contributed by atoms with Gasteiger partial charge in [0.2, 0.25) is 0 Å². The van der Waals surface area contributed by atoms with Crippen molar-refractivity contribution >= 4 is 21.8 Å². The van der Waals surface area contributed by atoms with Crippen LogP contribution in [0.2, 0.25) is 0 Å². The molecule has 0 aliphatic rings. The largest absolute Gasteiger partial charge is 0.343 e. The smallest absolute Gasteiger partial charge is 0.270 e. The summed E-state index contributed by atoms with van der Waals surface area (Å²) in [5.74, 6) is 0.455. The van der Waals surface area contributed by atoms with Gasteiger partial charge in [0.1, 0.15) is 12.0 Å². The molecule has 0 atom stereocenters. The molecule has 2 heterocycles. The number of nitrogens with one attached hydrogen (secondary N) is 1. The standard InChI is InChI=1S/C10H10BrN5O/c1-16-6-14-15-9(16)5-13-10(17)8-3-2-7(11)4-12-8/h2-4,6H,5H2,1H3,(H,13,17). The molecule has 88 valence electrons. The third-order valence-corrected chi connectivity index (χ3v) is 2.64. The molecule has 0 fully saturated rings. The molecule has 0 spiro atoms. The van der Waals surface area contributed by atoms with Crippen LogP contribution in [0, 0.1) is 0 Å². The van der Waals surface area contributed by atoms with Crippen molar-refractivity contribution in [3.05, 3.63) is 40.6 Å². The Morgan fingerprint density at radius 3 is 2.94 bits per heavy atom. The van der Waals surface area contributed by atoms with Crippen LogP contribution in [-0.2, 0) is 13.6 Å². The fraction of sp³-hybridized carbons (Fsp3) is 0.200. The predicted molar refractivity (Wildman–Crippen MR) is 64.1 cm³/mol. The molecule has 2 aromatic rings. The van der Waals surface area contributed by atoms with E-state index < -0.39 is 0 Å². The third-order valence-electron chi connectivity index (χ3n) is 2.17. The number of amides is 1. The van der Waals surface area contributed by atoms with Crippen molar-refractivity contribution in [2.75, 3.05) is 0 Å². The number of halogens is 1. The highest BCUT2D eigenvalue weighted by atomic mass is 79.9. The maximum Gasteiger partial charge on any atom is 0.270 e. The third kappa shape index (κ3) is 2.88.